The molecular formula is C18H16FN3O. The van der Waals surface area contributed by atoms with Crippen molar-refractivity contribution in [3.8, 4) is 0 Å². The average Bonchev–Trinajstić information content (AvgIpc) is 2.97. The van der Waals surface area contributed by atoms with E-state index in [0.29, 0.717) is 12.2 Å². The molecule has 23 heavy (non-hydrogen) atoms. The number of rotatable bonds is 4. The van der Waals surface area contributed by atoms with Crippen molar-refractivity contribution in [3.63, 3.8) is 0 Å². The lowest BCUT2D eigenvalue weighted by atomic mass is 10.1. The van der Waals surface area contributed by atoms with Gasteiger partial charge in [0.05, 0.1) is 18.4 Å². The highest BCUT2D eigenvalue weighted by molar-refractivity contribution is 6.04. The van der Waals surface area contributed by atoms with Crippen molar-refractivity contribution in [1.29, 1.82) is 0 Å². The summed E-state index contributed by atoms with van der Waals surface area (Å²) in [5.74, 6) is -0.798. The summed E-state index contributed by atoms with van der Waals surface area (Å²) in [4.78, 5) is 12.1. The van der Waals surface area contributed by atoms with Crippen LogP contribution in [-0.2, 0) is 6.54 Å². The molecule has 5 heteroatoms. The van der Waals surface area contributed by atoms with Gasteiger partial charge in [0, 0.05) is 11.8 Å². The number of halogens is 1. The molecule has 0 aliphatic heterocycles. The summed E-state index contributed by atoms with van der Waals surface area (Å²) in [6.45, 7) is 2.67. The summed E-state index contributed by atoms with van der Waals surface area (Å²) in [5.41, 5.74) is 3.21. The lowest BCUT2D eigenvalue weighted by Gasteiger charge is -2.05. The number of hydrogen-bond acceptors (Lipinski definition) is 2. The van der Waals surface area contributed by atoms with Gasteiger partial charge in [-0.2, -0.15) is 5.10 Å². The van der Waals surface area contributed by atoms with Crippen LogP contribution in [0.15, 0.2) is 60.9 Å². The molecule has 0 unspecified atom stereocenters. The van der Waals surface area contributed by atoms with E-state index in [1.54, 1.807) is 23.1 Å². The zero-order valence-electron chi connectivity index (χ0n) is 12.7. The molecule has 4 nitrogen and oxygen atoms in total. The van der Waals surface area contributed by atoms with Gasteiger partial charge in [-0.15, -0.1) is 0 Å². The summed E-state index contributed by atoms with van der Waals surface area (Å²) in [6, 6.07) is 13.6. The number of anilines is 1. The number of nitrogens with one attached hydrogen (secondary N) is 1. The molecule has 0 saturated carbocycles. The highest BCUT2D eigenvalue weighted by Gasteiger charge is 2.08. The summed E-state index contributed by atoms with van der Waals surface area (Å²) in [5, 5.41) is 6.96. The van der Waals surface area contributed by atoms with Crippen LogP contribution in [0.3, 0.4) is 0 Å². The third-order valence-corrected chi connectivity index (χ3v) is 3.57. The van der Waals surface area contributed by atoms with Crippen molar-refractivity contribution in [2.45, 2.75) is 13.5 Å². The van der Waals surface area contributed by atoms with Crippen LogP contribution in [0.25, 0.3) is 0 Å². The quantitative estimate of drug-likeness (QED) is 0.800. The molecule has 1 heterocycles. The van der Waals surface area contributed by atoms with Gasteiger partial charge >= 0.3 is 0 Å². The molecule has 0 atom stereocenters. The van der Waals surface area contributed by atoms with Crippen LogP contribution in [-0.4, -0.2) is 15.7 Å². The van der Waals surface area contributed by atoms with Gasteiger partial charge in [0.1, 0.15) is 5.82 Å². The third kappa shape index (κ3) is 3.63. The van der Waals surface area contributed by atoms with E-state index in [4.69, 9.17) is 0 Å². The molecule has 3 rings (SSSR count). The SMILES string of the molecule is Cc1ccccc1Cn1cc(NC(=O)c2cccc(F)c2)cn1. The smallest absolute Gasteiger partial charge is 0.255 e. The fourth-order valence-electron chi connectivity index (χ4n) is 2.31. The Hall–Kier alpha value is -2.95. The molecule has 0 aliphatic carbocycles. The second kappa shape index (κ2) is 6.44. The van der Waals surface area contributed by atoms with Crippen LogP contribution in [0.1, 0.15) is 21.5 Å². The number of hydrogen-bond donors (Lipinski definition) is 1. The minimum absolute atomic E-state index is 0.275. The Morgan fingerprint density at radius 2 is 2.04 bits per heavy atom. The van der Waals surface area contributed by atoms with E-state index in [9.17, 15) is 9.18 Å². The number of benzene rings is 2. The predicted octanol–water partition coefficient (Wildman–Crippen LogP) is 3.63. The monoisotopic (exact) mass is 309 g/mol. The molecule has 0 saturated heterocycles. The molecule has 1 N–H and O–H groups in total. The first-order valence-electron chi connectivity index (χ1n) is 7.26. The van der Waals surface area contributed by atoms with E-state index in [1.807, 2.05) is 31.2 Å². The zero-order valence-corrected chi connectivity index (χ0v) is 12.7. The van der Waals surface area contributed by atoms with Crippen molar-refractivity contribution in [3.05, 3.63) is 83.4 Å². The number of carbonyl (C=O) groups excluding carboxylic acids is 1. The molecule has 0 aliphatic rings. The van der Waals surface area contributed by atoms with Gasteiger partial charge < -0.3 is 5.32 Å². The van der Waals surface area contributed by atoms with E-state index >= 15 is 0 Å². The Morgan fingerprint density at radius 3 is 2.83 bits per heavy atom. The highest BCUT2D eigenvalue weighted by atomic mass is 19.1. The molecule has 0 spiro atoms. The van der Waals surface area contributed by atoms with E-state index < -0.39 is 5.82 Å². The van der Waals surface area contributed by atoms with Crippen LogP contribution in [0.5, 0.6) is 0 Å². The zero-order chi connectivity index (χ0) is 16.2. The maximum absolute atomic E-state index is 13.2. The van der Waals surface area contributed by atoms with Crippen LogP contribution >= 0.6 is 0 Å². The lowest BCUT2D eigenvalue weighted by Crippen LogP contribution is -2.11. The number of amides is 1. The molecule has 0 fully saturated rings. The molecule has 3 aromatic rings. The first-order valence-corrected chi connectivity index (χ1v) is 7.26. The minimum atomic E-state index is -0.437. The normalized spacial score (nSPS) is 10.5. The molecule has 0 bridgehead atoms. The molecule has 0 radical (unpaired) electrons. The van der Waals surface area contributed by atoms with E-state index in [-0.39, 0.29) is 11.5 Å². The molecule has 1 amide bonds. The fraction of sp³-hybridized carbons (Fsp3) is 0.111. The maximum atomic E-state index is 13.2. The Kier molecular flexibility index (Phi) is 4.19. The summed E-state index contributed by atoms with van der Waals surface area (Å²) >= 11 is 0. The molecule has 2 aromatic carbocycles. The number of aryl methyl sites for hydroxylation is 1. The minimum Gasteiger partial charge on any atom is -0.319 e. The van der Waals surface area contributed by atoms with E-state index in [0.717, 1.165) is 0 Å². The number of nitrogens with zero attached hydrogens (tertiary/aromatic N) is 2. The Balaban J connectivity index is 1.70. The van der Waals surface area contributed by atoms with Crippen molar-refractivity contribution in [1.82, 2.24) is 9.78 Å². The van der Waals surface area contributed by atoms with Crippen molar-refractivity contribution < 1.29 is 9.18 Å². The summed E-state index contributed by atoms with van der Waals surface area (Å²) in [6.07, 6.45) is 3.33. The Labute approximate surface area is 133 Å². The second-order valence-corrected chi connectivity index (χ2v) is 5.32. The van der Waals surface area contributed by atoms with Gasteiger partial charge in [-0.1, -0.05) is 30.3 Å². The van der Waals surface area contributed by atoms with Gasteiger partial charge in [-0.05, 0) is 36.2 Å². The van der Waals surface area contributed by atoms with Gasteiger partial charge in [0.15, 0.2) is 0 Å². The summed E-state index contributed by atoms with van der Waals surface area (Å²) < 4.78 is 14.9. The van der Waals surface area contributed by atoms with Gasteiger partial charge in [0.2, 0.25) is 0 Å². The van der Waals surface area contributed by atoms with Crippen LogP contribution in [0, 0.1) is 12.7 Å². The maximum Gasteiger partial charge on any atom is 0.255 e. The third-order valence-electron chi connectivity index (χ3n) is 3.57. The first-order chi connectivity index (χ1) is 11.1. The van der Waals surface area contributed by atoms with Crippen LogP contribution in [0.4, 0.5) is 10.1 Å². The summed E-state index contributed by atoms with van der Waals surface area (Å²) in [7, 11) is 0. The van der Waals surface area contributed by atoms with Crippen molar-refractivity contribution in [2.75, 3.05) is 5.32 Å². The number of carbonyl (C=O) groups is 1. The average molecular weight is 309 g/mol. The van der Waals surface area contributed by atoms with Gasteiger partial charge in [-0.25, -0.2) is 4.39 Å². The number of aromatic nitrogens is 2. The van der Waals surface area contributed by atoms with E-state index in [2.05, 4.69) is 10.4 Å². The molecule has 116 valence electrons. The predicted molar refractivity (Wildman–Crippen MR) is 86.9 cm³/mol. The molecule has 1 aromatic heterocycles. The van der Waals surface area contributed by atoms with Crippen molar-refractivity contribution in [2.24, 2.45) is 0 Å². The topological polar surface area (TPSA) is 46.9 Å². The van der Waals surface area contributed by atoms with Crippen LogP contribution in [0.2, 0.25) is 0 Å². The highest BCUT2D eigenvalue weighted by Crippen LogP contribution is 2.13. The second-order valence-electron chi connectivity index (χ2n) is 5.32. The van der Waals surface area contributed by atoms with Gasteiger partial charge in [-0.3, -0.25) is 9.48 Å². The Morgan fingerprint density at radius 1 is 1.22 bits per heavy atom. The van der Waals surface area contributed by atoms with E-state index in [1.165, 1.54) is 29.3 Å². The Bertz CT molecular complexity index is 842. The first kappa shape index (κ1) is 15.0. The standard InChI is InChI=1S/C18H16FN3O/c1-13-5-2-3-6-15(13)11-22-12-17(10-20-22)21-18(23)14-7-4-8-16(19)9-14/h2-10,12H,11H2,1H3,(H,21,23). The fourth-order valence-corrected chi connectivity index (χ4v) is 2.31. The molecular weight excluding hydrogens is 293 g/mol. The van der Waals surface area contributed by atoms with Crippen LogP contribution < -0.4 is 5.32 Å². The van der Waals surface area contributed by atoms with Crippen molar-refractivity contribution >= 4 is 11.6 Å². The lowest BCUT2D eigenvalue weighted by molar-refractivity contribution is 0.102. The van der Waals surface area contributed by atoms with Gasteiger partial charge in [0.25, 0.3) is 5.91 Å². The largest absolute Gasteiger partial charge is 0.319 e.